The van der Waals surface area contributed by atoms with E-state index in [4.69, 9.17) is 4.42 Å². The second-order valence-corrected chi connectivity index (χ2v) is 7.41. The molecule has 3 aromatic rings. The van der Waals surface area contributed by atoms with Crippen LogP contribution in [0.4, 0.5) is 5.69 Å². The molecular formula is C18H17N3O4S. The highest BCUT2D eigenvalue weighted by molar-refractivity contribution is 7.99. The summed E-state index contributed by atoms with van der Waals surface area (Å²) in [6.07, 6.45) is 2.35. The van der Waals surface area contributed by atoms with E-state index in [1.165, 1.54) is 42.8 Å². The van der Waals surface area contributed by atoms with E-state index in [-0.39, 0.29) is 17.2 Å². The molecule has 1 fully saturated rings. The van der Waals surface area contributed by atoms with Crippen molar-refractivity contribution in [3.05, 3.63) is 51.3 Å². The van der Waals surface area contributed by atoms with Gasteiger partial charge < -0.3 is 8.98 Å². The zero-order chi connectivity index (χ0) is 18.4. The number of nitrogens with zero attached hydrogens (tertiary/aromatic N) is 3. The standard InChI is InChI=1S/C18H17N3O4S/c1-10-7-14(11(2)20(10)12-3-4-12)16(22)9-26-18-19-15-8-13(21(23)24)5-6-17(15)25-18/h5-8,12H,3-4,9H2,1-2H3. The van der Waals surface area contributed by atoms with E-state index in [1.54, 1.807) is 0 Å². The van der Waals surface area contributed by atoms with Crippen molar-refractivity contribution in [1.82, 2.24) is 9.55 Å². The molecule has 0 amide bonds. The maximum atomic E-state index is 12.6. The van der Waals surface area contributed by atoms with E-state index in [1.807, 2.05) is 19.9 Å². The number of non-ortho nitro benzene ring substituents is 1. The van der Waals surface area contributed by atoms with Crippen LogP contribution < -0.4 is 0 Å². The molecule has 26 heavy (non-hydrogen) atoms. The average Bonchev–Trinajstić information content (AvgIpc) is 3.27. The van der Waals surface area contributed by atoms with E-state index >= 15 is 0 Å². The predicted octanol–water partition coefficient (Wildman–Crippen LogP) is 4.46. The number of thioether (sulfide) groups is 1. The highest BCUT2D eigenvalue weighted by atomic mass is 32.2. The monoisotopic (exact) mass is 371 g/mol. The number of oxazole rings is 1. The number of aromatic nitrogens is 2. The number of nitro benzene ring substituents is 1. The van der Waals surface area contributed by atoms with Gasteiger partial charge in [-0.1, -0.05) is 11.8 Å². The molecule has 0 radical (unpaired) electrons. The number of ketones is 1. The second-order valence-electron chi connectivity index (χ2n) is 6.49. The van der Waals surface area contributed by atoms with Gasteiger partial charge in [0.25, 0.3) is 10.9 Å². The number of aryl methyl sites for hydroxylation is 1. The van der Waals surface area contributed by atoms with Gasteiger partial charge in [0, 0.05) is 35.1 Å². The maximum absolute atomic E-state index is 12.6. The largest absolute Gasteiger partial charge is 0.431 e. The molecule has 0 unspecified atom stereocenters. The molecule has 0 atom stereocenters. The number of benzene rings is 1. The zero-order valence-corrected chi connectivity index (χ0v) is 15.2. The van der Waals surface area contributed by atoms with E-state index in [0.717, 1.165) is 17.0 Å². The fourth-order valence-electron chi connectivity index (χ4n) is 3.23. The van der Waals surface area contributed by atoms with Crippen LogP contribution in [0.1, 0.15) is 40.6 Å². The van der Waals surface area contributed by atoms with Gasteiger partial charge in [-0.3, -0.25) is 14.9 Å². The van der Waals surface area contributed by atoms with Gasteiger partial charge in [-0.05, 0) is 38.8 Å². The van der Waals surface area contributed by atoms with Crippen molar-refractivity contribution in [3.8, 4) is 0 Å². The van der Waals surface area contributed by atoms with Gasteiger partial charge in [-0.25, -0.2) is 4.98 Å². The Kier molecular flexibility index (Phi) is 4.07. The topological polar surface area (TPSA) is 91.2 Å². The van der Waals surface area contributed by atoms with Crippen LogP contribution in [0.3, 0.4) is 0 Å². The lowest BCUT2D eigenvalue weighted by Gasteiger charge is -2.07. The van der Waals surface area contributed by atoms with E-state index in [2.05, 4.69) is 9.55 Å². The molecule has 2 heterocycles. The fourth-order valence-corrected chi connectivity index (χ4v) is 3.95. The summed E-state index contributed by atoms with van der Waals surface area (Å²) in [4.78, 5) is 27.2. The minimum absolute atomic E-state index is 0.0308. The molecule has 0 aliphatic heterocycles. The predicted molar refractivity (Wildman–Crippen MR) is 97.9 cm³/mol. The molecule has 2 aromatic heterocycles. The molecule has 1 aliphatic carbocycles. The van der Waals surface area contributed by atoms with Crippen molar-refractivity contribution >= 4 is 34.3 Å². The molecule has 0 spiro atoms. The summed E-state index contributed by atoms with van der Waals surface area (Å²) in [6, 6.07) is 6.76. The Morgan fingerprint density at radius 2 is 2.15 bits per heavy atom. The number of nitro groups is 1. The second kappa shape index (κ2) is 6.28. The number of Topliss-reactive ketones (excluding diaryl/α,β-unsaturated/α-hetero) is 1. The Labute approximate surface area is 153 Å². The number of carbonyl (C=O) groups is 1. The van der Waals surface area contributed by atoms with Gasteiger partial charge in [-0.2, -0.15) is 0 Å². The lowest BCUT2D eigenvalue weighted by Crippen LogP contribution is -2.05. The van der Waals surface area contributed by atoms with Crippen LogP contribution in [0, 0.1) is 24.0 Å². The van der Waals surface area contributed by atoms with Crippen LogP contribution >= 0.6 is 11.8 Å². The molecule has 134 valence electrons. The number of hydrogen-bond donors (Lipinski definition) is 0. The summed E-state index contributed by atoms with van der Waals surface area (Å²) in [5, 5.41) is 11.2. The lowest BCUT2D eigenvalue weighted by atomic mass is 10.2. The van der Waals surface area contributed by atoms with Crippen molar-refractivity contribution in [2.75, 3.05) is 5.75 Å². The fraction of sp³-hybridized carbons (Fsp3) is 0.333. The minimum atomic E-state index is -0.472. The SMILES string of the molecule is Cc1cc(C(=O)CSc2nc3cc([N+](=O)[O-])ccc3o2)c(C)n1C1CC1. The Bertz CT molecular complexity index is 1030. The first-order valence-electron chi connectivity index (χ1n) is 8.33. The number of hydrogen-bond acceptors (Lipinski definition) is 6. The van der Waals surface area contributed by atoms with Crippen LogP contribution in [0.5, 0.6) is 0 Å². The number of carbonyl (C=O) groups excluding carboxylic acids is 1. The quantitative estimate of drug-likeness (QED) is 0.275. The molecule has 0 saturated heterocycles. The van der Waals surface area contributed by atoms with Crippen molar-refractivity contribution in [3.63, 3.8) is 0 Å². The van der Waals surface area contributed by atoms with E-state index < -0.39 is 4.92 Å². The Morgan fingerprint density at radius 1 is 1.38 bits per heavy atom. The van der Waals surface area contributed by atoms with Gasteiger partial charge in [0.05, 0.1) is 10.7 Å². The van der Waals surface area contributed by atoms with Crippen molar-refractivity contribution in [1.29, 1.82) is 0 Å². The normalized spacial score (nSPS) is 14.1. The third-order valence-electron chi connectivity index (χ3n) is 4.59. The highest BCUT2D eigenvalue weighted by Gasteiger charge is 2.28. The Hall–Kier alpha value is -2.61. The Balaban J connectivity index is 1.50. The van der Waals surface area contributed by atoms with E-state index in [9.17, 15) is 14.9 Å². The highest BCUT2D eigenvalue weighted by Crippen LogP contribution is 2.38. The summed E-state index contributed by atoms with van der Waals surface area (Å²) in [6.45, 7) is 4.02. The molecule has 1 aromatic carbocycles. The molecule has 0 bridgehead atoms. The minimum Gasteiger partial charge on any atom is -0.431 e. The van der Waals surface area contributed by atoms with Crippen LogP contribution in [0.15, 0.2) is 33.9 Å². The number of fused-ring (bicyclic) bond motifs is 1. The molecule has 7 nitrogen and oxygen atoms in total. The van der Waals surface area contributed by atoms with Crippen molar-refractivity contribution in [2.24, 2.45) is 0 Å². The Morgan fingerprint density at radius 3 is 2.85 bits per heavy atom. The molecule has 8 heteroatoms. The molecule has 0 N–H and O–H groups in total. The summed E-state index contributed by atoms with van der Waals surface area (Å²) in [7, 11) is 0. The smallest absolute Gasteiger partial charge is 0.271 e. The van der Waals surface area contributed by atoms with Gasteiger partial charge in [0.2, 0.25) is 0 Å². The van der Waals surface area contributed by atoms with E-state index in [0.29, 0.717) is 22.4 Å². The molecule has 1 saturated carbocycles. The summed E-state index contributed by atoms with van der Waals surface area (Å²) < 4.78 is 7.81. The summed E-state index contributed by atoms with van der Waals surface area (Å²) >= 11 is 1.20. The molecular weight excluding hydrogens is 354 g/mol. The first kappa shape index (κ1) is 16.8. The average molecular weight is 371 g/mol. The third kappa shape index (κ3) is 3.01. The van der Waals surface area contributed by atoms with Gasteiger partial charge in [0.15, 0.2) is 11.4 Å². The van der Waals surface area contributed by atoms with Crippen LogP contribution in [-0.4, -0.2) is 26.0 Å². The van der Waals surface area contributed by atoms with Gasteiger partial charge >= 0.3 is 0 Å². The first-order valence-corrected chi connectivity index (χ1v) is 9.32. The summed E-state index contributed by atoms with van der Waals surface area (Å²) in [5.41, 5.74) is 3.73. The lowest BCUT2D eigenvalue weighted by molar-refractivity contribution is -0.384. The van der Waals surface area contributed by atoms with Crippen molar-refractivity contribution in [2.45, 2.75) is 38.0 Å². The first-order chi connectivity index (χ1) is 12.4. The van der Waals surface area contributed by atoms with Crippen LogP contribution in [-0.2, 0) is 0 Å². The van der Waals surface area contributed by atoms with Crippen LogP contribution in [0.25, 0.3) is 11.1 Å². The van der Waals surface area contributed by atoms with Crippen LogP contribution in [0.2, 0.25) is 0 Å². The maximum Gasteiger partial charge on any atom is 0.271 e. The number of rotatable bonds is 6. The summed E-state index contributed by atoms with van der Waals surface area (Å²) in [5.74, 6) is 0.243. The van der Waals surface area contributed by atoms with Gasteiger partial charge in [0.1, 0.15) is 5.52 Å². The van der Waals surface area contributed by atoms with Gasteiger partial charge in [-0.15, -0.1) is 0 Å². The third-order valence-corrected chi connectivity index (χ3v) is 5.41. The zero-order valence-electron chi connectivity index (χ0n) is 14.4. The molecule has 1 aliphatic rings. The molecule has 4 rings (SSSR count). The van der Waals surface area contributed by atoms with Crippen molar-refractivity contribution < 1.29 is 14.1 Å².